The highest BCUT2D eigenvalue weighted by Crippen LogP contribution is 2.25. The van der Waals surface area contributed by atoms with Crippen molar-refractivity contribution in [2.24, 2.45) is 0 Å². The van der Waals surface area contributed by atoms with E-state index in [0.29, 0.717) is 35.8 Å². The quantitative estimate of drug-likeness (QED) is 0.504. The number of hydrogen-bond donors (Lipinski definition) is 2. The Kier molecular flexibility index (Phi) is 3.95. The molecule has 0 saturated heterocycles. The lowest BCUT2D eigenvalue weighted by Gasteiger charge is -2.14. The number of imidazole rings is 1. The molecule has 4 rings (SSSR count). The zero-order valence-corrected chi connectivity index (χ0v) is 16.8. The van der Waals surface area contributed by atoms with Gasteiger partial charge >= 0.3 is 0 Å². The van der Waals surface area contributed by atoms with Gasteiger partial charge in [0, 0.05) is 23.8 Å². The Hall–Kier alpha value is -3.52. The summed E-state index contributed by atoms with van der Waals surface area (Å²) in [6, 6.07) is 4.08. The van der Waals surface area contributed by atoms with Crippen LogP contribution in [0.4, 0.5) is 5.69 Å². The van der Waals surface area contributed by atoms with Gasteiger partial charge in [-0.25, -0.2) is 4.98 Å². The largest absolute Gasteiger partial charge is 0.390 e. The summed E-state index contributed by atoms with van der Waals surface area (Å²) in [4.78, 5) is 21.4. The van der Waals surface area contributed by atoms with E-state index in [1.165, 1.54) is 6.20 Å². The van der Waals surface area contributed by atoms with Crippen molar-refractivity contribution in [3.63, 3.8) is 0 Å². The number of nitrogens with one attached hydrogen (secondary N) is 1. The van der Waals surface area contributed by atoms with Crippen molar-refractivity contribution >= 4 is 17.2 Å². The fraction of sp³-hybridized carbons (Fsp3) is 0.273. The van der Waals surface area contributed by atoms with Gasteiger partial charge in [0.1, 0.15) is 11.3 Å². The predicted octanol–water partition coefficient (Wildman–Crippen LogP) is 3.65. The first-order valence-electron chi connectivity index (χ1n) is 11.4. The number of rotatable bonds is 6. The third-order valence-electron chi connectivity index (χ3n) is 4.56. The fourth-order valence-electron chi connectivity index (χ4n) is 2.85. The third-order valence-corrected chi connectivity index (χ3v) is 4.56. The number of aryl methyl sites for hydroxylation is 2. The van der Waals surface area contributed by atoms with Crippen LogP contribution in [0, 0.1) is 6.92 Å². The molecule has 0 fully saturated rings. The van der Waals surface area contributed by atoms with Gasteiger partial charge in [-0.2, -0.15) is 4.98 Å². The molecule has 1 amide bonds. The van der Waals surface area contributed by atoms with Gasteiger partial charge in [-0.15, -0.1) is 0 Å². The van der Waals surface area contributed by atoms with Crippen LogP contribution in [0.5, 0.6) is 0 Å². The van der Waals surface area contributed by atoms with Gasteiger partial charge in [-0.1, -0.05) is 23.3 Å². The molecular weight excluding hydrogens is 382 g/mol. The second-order valence-corrected chi connectivity index (χ2v) is 7.60. The SMILES string of the molecule is [2H]c1c([2H])c([2H])n2c(C(=O)Nc3cc(-c4noc(CCC(C)(C)O)n4)ccc3C)cnc2c1[2H]. The molecule has 0 aliphatic carbocycles. The molecule has 1 aromatic carbocycles. The first kappa shape index (κ1) is 15.3. The van der Waals surface area contributed by atoms with E-state index < -0.39 is 29.8 Å². The molecule has 0 radical (unpaired) electrons. The van der Waals surface area contributed by atoms with Crippen LogP contribution in [-0.2, 0) is 6.42 Å². The second kappa shape index (κ2) is 7.72. The molecule has 30 heavy (non-hydrogen) atoms. The number of benzene rings is 1. The topological polar surface area (TPSA) is 106 Å². The molecule has 154 valence electrons. The van der Waals surface area contributed by atoms with Crippen molar-refractivity contribution in [2.45, 2.75) is 39.2 Å². The zero-order valence-electron chi connectivity index (χ0n) is 20.8. The minimum atomic E-state index is -0.851. The van der Waals surface area contributed by atoms with Gasteiger partial charge in [0.05, 0.1) is 17.3 Å². The Bertz CT molecular complexity index is 1410. The highest BCUT2D eigenvalue weighted by molar-refractivity contribution is 6.04. The number of aromatic nitrogens is 4. The van der Waals surface area contributed by atoms with Crippen LogP contribution in [0.2, 0.25) is 0 Å². The molecule has 3 heterocycles. The van der Waals surface area contributed by atoms with Crippen LogP contribution in [0.25, 0.3) is 17.0 Å². The maximum Gasteiger partial charge on any atom is 0.274 e. The first-order chi connectivity index (χ1) is 16.0. The summed E-state index contributed by atoms with van der Waals surface area (Å²) in [5.41, 5.74) is 0.933. The van der Waals surface area contributed by atoms with Crippen molar-refractivity contribution < 1.29 is 19.9 Å². The van der Waals surface area contributed by atoms with Crippen molar-refractivity contribution in [2.75, 3.05) is 5.32 Å². The average Bonchev–Trinajstić information content (AvgIpc) is 3.43. The van der Waals surface area contributed by atoms with Crippen LogP contribution in [-0.4, -0.2) is 36.1 Å². The van der Waals surface area contributed by atoms with Crippen molar-refractivity contribution in [3.05, 3.63) is 65.8 Å². The maximum atomic E-state index is 13.0. The summed E-state index contributed by atoms with van der Waals surface area (Å²) in [7, 11) is 0. The molecule has 8 heteroatoms. The van der Waals surface area contributed by atoms with Crippen LogP contribution >= 0.6 is 0 Å². The normalized spacial score (nSPS) is 13.6. The monoisotopic (exact) mass is 409 g/mol. The van der Waals surface area contributed by atoms with Crippen molar-refractivity contribution in [3.8, 4) is 11.4 Å². The van der Waals surface area contributed by atoms with Gasteiger partial charge in [-0.05, 0) is 50.9 Å². The lowest BCUT2D eigenvalue weighted by molar-refractivity contribution is 0.0689. The van der Waals surface area contributed by atoms with E-state index in [0.717, 1.165) is 9.96 Å². The summed E-state index contributed by atoms with van der Waals surface area (Å²) in [6.07, 6.45) is 1.70. The molecule has 0 bridgehead atoms. The summed E-state index contributed by atoms with van der Waals surface area (Å²) < 4.78 is 38.1. The Morgan fingerprint density at radius 1 is 1.37 bits per heavy atom. The molecule has 0 aliphatic heterocycles. The van der Waals surface area contributed by atoms with E-state index in [-0.39, 0.29) is 17.4 Å². The summed E-state index contributed by atoms with van der Waals surface area (Å²) in [5, 5.41) is 16.6. The number of carbonyl (C=O) groups is 1. The van der Waals surface area contributed by atoms with E-state index in [1.54, 1.807) is 32.0 Å². The van der Waals surface area contributed by atoms with E-state index in [9.17, 15) is 9.90 Å². The molecule has 0 aliphatic rings. The van der Waals surface area contributed by atoms with E-state index in [2.05, 4.69) is 20.4 Å². The molecule has 4 aromatic rings. The summed E-state index contributed by atoms with van der Waals surface area (Å²) in [6.45, 7) is 5.22. The van der Waals surface area contributed by atoms with Gasteiger partial charge in [-0.3, -0.25) is 9.20 Å². The lowest BCUT2D eigenvalue weighted by Crippen LogP contribution is -2.19. The van der Waals surface area contributed by atoms with Crippen molar-refractivity contribution in [1.29, 1.82) is 0 Å². The lowest BCUT2D eigenvalue weighted by atomic mass is 10.0. The Balaban J connectivity index is 1.62. The van der Waals surface area contributed by atoms with Gasteiger partial charge in [0.25, 0.3) is 5.91 Å². The summed E-state index contributed by atoms with van der Waals surface area (Å²) in [5.74, 6) is 0.144. The minimum Gasteiger partial charge on any atom is -0.390 e. The van der Waals surface area contributed by atoms with Crippen molar-refractivity contribution in [1.82, 2.24) is 19.5 Å². The highest BCUT2D eigenvalue weighted by Gasteiger charge is 2.17. The van der Waals surface area contributed by atoms with Gasteiger partial charge < -0.3 is 14.9 Å². The minimum absolute atomic E-state index is 0.0275. The Morgan fingerprint density at radius 3 is 3.00 bits per heavy atom. The molecule has 2 N–H and O–H groups in total. The predicted molar refractivity (Wildman–Crippen MR) is 112 cm³/mol. The first-order valence-corrected chi connectivity index (χ1v) is 9.37. The second-order valence-electron chi connectivity index (χ2n) is 7.60. The highest BCUT2D eigenvalue weighted by atomic mass is 16.5. The number of nitrogens with zero attached hydrogens (tertiary/aromatic N) is 4. The number of carbonyl (C=O) groups excluding carboxylic acids is 1. The molecular formula is C22H23N5O3. The number of pyridine rings is 1. The number of fused-ring (bicyclic) bond motifs is 1. The summed E-state index contributed by atoms with van der Waals surface area (Å²) >= 11 is 0. The molecule has 8 nitrogen and oxygen atoms in total. The number of aliphatic hydroxyl groups is 1. The van der Waals surface area contributed by atoms with Crippen LogP contribution < -0.4 is 5.32 Å². The molecule has 3 aromatic heterocycles. The zero-order chi connectivity index (χ0) is 24.8. The fourth-order valence-corrected chi connectivity index (χ4v) is 2.85. The van der Waals surface area contributed by atoms with Crippen LogP contribution in [0.3, 0.4) is 0 Å². The Morgan fingerprint density at radius 2 is 2.20 bits per heavy atom. The number of anilines is 1. The smallest absolute Gasteiger partial charge is 0.274 e. The van der Waals surface area contributed by atoms with E-state index in [4.69, 9.17) is 10.0 Å². The molecule has 0 atom stereocenters. The molecule has 0 saturated carbocycles. The standard InChI is InChI=1S/C22H23N5O3/c1-14-7-8-15(20-25-19(30-26-20)9-10-22(2,3)29)12-16(14)24-21(28)17-13-23-18-6-4-5-11-27(17)18/h4-8,11-13,29H,9-10H2,1-3H3,(H,24,28)/i4D,5D,6D,11D. The number of hydrogen-bond acceptors (Lipinski definition) is 6. The van der Waals surface area contributed by atoms with E-state index in [1.807, 2.05) is 6.92 Å². The molecule has 0 unspecified atom stereocenters. The maximum absolute atomic E-state index is 13.0. The van der Waals surface area contributed by atoms with Crippen LogP contribution in [0.1, 0.15) is 47.7 Å². The number of amides is 1. The van der Waals surface area contributed by atoms with E-state index >= 15 is 0 Å². The average molecular weight is 409 g/mol. The third kappa shape index (κ3) is 4.23. The molecule has 0 spiro atoms. The van der Waals surface area contributed by atoms with Gasteiger partial charge in [0.2, 0.25) is 11.7 Å². The van der Waals surface area contributed by atoms with Gasteiger partial charge in [0.15, 0.2) is 0 Å². The Labute approximate surface area is 179 Å². The van der Waals surface area contributed by atoms with Crippen LogP contribution in [0.15, 0.2) is 53.2 Å².